The van der Waals surface area contributed by atoms with E-state index in [1.807, 2.05) is 43.5 Å². The first-order chi connectivity index (χ1) is 10.1. The van der Waals surface area contributed by atoms with E-state index >= 15 is 0 Å². The summed E-state index contributed by atoms with van der Waals surface area (Å²) < 4.78 is 0. The zero-order chi connectivity index (χ0) is 14.8. The monoisotopic (exact) mass is 296 g/mol. The van der Waals surface area contributed by atoms with Crippen LogP contribution in [0.3, 0.4) is 0 Å². The number of halogens is 1. The lowest BCUT2D eigenvalue weighted by Crippen LogP contribution is -1.91. The third-order valence-corrected chi connectivity index (χ3v) is 3.42. The van der Waals surface area contributed by atoms with Gasteiger partial charge in [0.15, 0.2) is 0 Å². The Labute approximate surface area is 127 Å². The second-order valence-corrected chi connectivity index (χ2v) is 5.22. The molecule has 0 bridgehead atoms. The fraction of sp³-hybridized carbons (Fsp3) is 0.0588. The topological polar surface area (TPSA) is 46.0 Å². The SMILES string of the molecule is Cc1ccc(-c2cc(Cl)cnc2-c2ccc(O)cc2)cn1. The maximum atomic E-state index is 9.41. The molecular formula is C17H13ClN2O. The van der Waals surface area contributed by atoms with Gasteiger partial charge in [-0.25, -0.2) is 0 Å². The molecule has 2 heterocycles. The summed E-state index contributed by atoms with van der Waals surface area (Å²) in [6, 6.07) is 12.8. The Morgan fingerprint density at radius 1 is 0.905 bits per heavy atom. The first-order valence-corrected chi connectivity index (χ1v) is 6.89. The van der Waals surface area contributed by atoms with Crippen LogP contribution in [0.2, 0.25) is 5.02 Å². The predicted molar refractivity (Wildman–Crippen MR) is 84.3 cm³/mol. The van der Waals surface area contributed by atoms with Gasteiger partial charge in [-0.2, -0.15) is 0 Å². The van der Waals surface area contributed by atoms with E-state index in [1.165, 1.54) is 0 Å². The molecule has 0 saturated carbocycles. The van der Waals surface area contributed by atoms with Crippen molar-refractivity contribution in [2.45, 2.75) is 6.92 Å². The van der Waals surface area contributed by atoms with E-state index in [1.54, 1.807) is 18.3 Å². The minimum absolute atomic E-state index is 0.228. The fourth-order valence-electron chi connectivity index (χ4n) is 2.14. The van der Waals surface area contributed by atoms with Crippen LogP contribution >= 0.6 is 11.6 Å². The number of nitrogens with zero attached hydrogens (tertiary/aromatic N) is 2. The molecule has 1 N–H and O–H groups in total. The van der Waals surface area contributed by atoms with Gasteiger partial charge in [-0.05, 0) is 43.3 Å². The van der Waals surface area contributed by atoms with Gasteiger partial charge < -0.3 is 5.11 Å². The molecule has 3 nitrogen and oxygen atoms in total. The first-order valence-electron chi connectivity index (χ1n) is 6.51. The Kier molecular flexibility index (Phi) is 3.59. The lowest BCUT2D eigenvalue weighted by atomic mass is 10.0. The van der Waals surface area contributed by atoms with Gasteiger partial charge in [0.05, 0.1) is 10.7 Å². The fourth-order valence-corrected chi connectivity index (χ4v) is 2.29. The molecule has 0 spiro atoms. The highest BCUT2D eigenvalue weighted by Gasteiger charge is 2.10. The van der Waals surface area contributed by atoms with Crippen molar-refractivity contribution >= 4 is 11.6 Å². The summed E-state index contributed by atoms with van der Waals surface area (Å²) >= 11 is 6.09. The van der Waals surface area contributed by atoms with Gasteiger partial charge in [-0.15, -0.1) is 0 Å². The van der Waals surface area contributed by atoms with E-state index in [-0.39, 0.29) is 5.75 Å². The molecule has 0 atom stereocenters. The first kappa shape index (κ1) is 13.6. The highest BCUT2D eigenvalue weighted by molar-refractivity contribution is 6.30. The molecule has 0 fully saturated rings. The third-order valence-electron chi connectivity index (χ3n) is 3.22. The predicted octanol–water partition coefficient (Wildman–Crippen LogP) is 4.48. The standard InChI is InChI=1S/C17H13ClN2O/c1-11-2-3-13(9-19-11)16-8-14(18)10-20-17(16)12-4-6-15(21)7-5-12/h2-10,21H,1H3. The van der Waals surface area contributed by atoms with Gasteiger partial charge in [0.2, 0.25) is 0 Å². The van der Waals surface area contributed by atoms with Crippen molar-refractivity contribution in [3.8, 4) is 28.1 Å². The average Bonchev–Trinajstić information content (AvgIpc) is 2.49. The van der Waals surface area contributed by atoms with E-state index in [9.17, 15) is 5.11 Å². The normalized spacial score (nSPS) is 10.6. The van der Waals surface area contributed by atoms with E-state index in [0.717, 1.165) is 28.1 Å². The molecule has 0 radical (unpaired) electrons. The molecule has 4 heteroatoms. The molecule has 0 unspecified atom stereocenters. The largest absolute Gasteiger partial charge is 0.508 e. The minimum Gasteiger partial charge on any atom is -0.508 e. The molecule has 0 aliphatic rings. The molecule has 21 heavy (non-hydrogen) atoms. The Bertz CT molecular complexity index is 768. The molecule has 3 aromatic rings. The van der Waals surface area contributed by atoms with E-state index < -0.39 is 0 Å². The molecule has 1 aromatic carbocycles. The number of hydrogen-bond donors (Lipinski definition) is 1. The number of aromatic hydroxyl groups is 1. The quantitative estimate of drug-likeness (QED) is 0.758. The van der Waals surface area contributed by atoms with Crippen molar-refractivity contribution in [2.24, 2.45) is 0 Å². The highest BCUT2D eigenvalue weighted by Crippen LogP contribution is 2.32. The van der Waals surface area contributed by atoms with E-state index in [2.05, 4.69) is 9.97 Å². The van der Waals surface area contributed by atoms with Crippen LogP contribution in [0, 0.1) is 6.92 Å². The second kappa shape index (κ2) is 5.54. The molecule has 104 valence electrons. The van der Waals surface area contributed by atoms with Crippen LogP contribution in [0.15, 0.2) is 54.9 Å². The minimum atomic E-state index is 0.228. The van der Waals surface area contributed by atoms with Crippen LogP contribution in [-0.4, -0.2) is 15.1 Å². The Morgan fingerprint density at radius 2 is 1.62 bits per heavy atom. The maximum Gasteiger partial charge on any atom is 0.115 e. The lowest BCUT2D eigenvalue weighted by molar-refractivity contribution is 0.475. The summed E-state index contributed by atoms with van der Waals surface area (Å²) in [6.45, 7) is 1.95. The van der Waals surface area contributed by atoms with Gasteiger partial charge in [0.1, 0.15) is 5.75 Å². The number of hydrogen-bond acceptors (Lipinski definition) is 3. The van der Waals surface area contributed by atoms with Gasteiger partial charge in [-0.1, -0.05) is 17.7 Å². The van der Waals surface area contributed by atoms with Crippen molar-refractivity contribution in [3.05, 3.63) is 65.6 Å². The van der Waals surface area contributed by atoms with Gasteiger partial charge in [-0.3, -0.25) is 9.97 Å². The van der Waals surface area contributed by atoms with Crippen molar-refractivity contribution in [3.63, 3.8) is 0 Å². The van der Waals surface area contributed by atoms with E-state index in [0.29, 0.717) is 5.02 Å². The Morgan fingerprint density at radius 3 is 2.29 bits per heavy atom. The van der Waals surface area contributed by atoms with Crippen LogP contribution < -0.4 is 0 Å². The zero-order valence-corrected chi connectivity index (χ0v) is 12.2. The number of benzene rings is 1. The van der Waals surface area contributed by atoms with Crippen molar-refractivity contribution in [1.29, 1.82) is 0 Å². The van der Waals surface area contributed by atoms with Crippen LogP contribution in [0.1, 0.15) is 5.69 Å². The number of rotatable bonds is 2. The molecule has 0 aliphatic carbocycles. The summed E-state index contributed by atoms with van der Waals surface area (Å²) in [7, 11) is 0. The zero-order valence-electron chi connectivity index (χ0n) is 11.4. The summed E-state index contributed by atoms with van der Waals surface area (Å²) in [5.74, 6) is 0.228. The van der Waals surface area contributed by atoms with Gasteiger partial charge in [0.25, 0.3) is 0 Å². The molecule has 2 aromatic heterocycles. The second-order valence-electron chi connectivity index (χ2n) is 4.78. The van der Waals surface area contributed by atoms with Crippen LogP contribution in [0.4, 0.5) is 0 Å². The summed E-state index contributed by atoms with van der Waals surface area (Å²) in [4.78, 5) is 8.76. The highest BCUT2D eigenvalue weighted by atomic mass is 35.5. The van der Waals surface area contributed by atoms with Crippen LogP contribution in [0.25, 0.3) is 22.4 Å². The number of phenolic OH excluding ortho intramolecular Hbond substituents is 1. The van der Waals surface area contributed by atoms with Crippen LogP contribution in [0.5, 0.6) is 5.75 Å². The summed E-state index contributed by atoms with van der Waals surface area (Å²) in [6.07, 6.45) is 3.43. The van der Waals surface area contributed by atoms with Gasteiger partial charge in [0, 0.05) is 34.8 Å². The molecule has 0 aliphatic heterocycles. The van der Waals surface area contributed by atoms with Crippen molar-refractivity contribution in [1.82, 2.24) is 9.97 Å². The Balaban J connectivity index is 2.17. The molecule has 0 saturated heterocycles. The summed E-state index contributed by atoms with van der Waals surface area (Å²) in [5, 5.41) is 9.99. The molecular weight excluding hydrogens is 284 g/mol. The maximum absolute atomic E-state index is 9.41. The number of pyridine rings is 2. The van der Waals surface area contributed by atoms with Crippen molar-refractivity contribution in [2.75, 3.05) is 0 Å². The molecule has 0 amide bonds. The van der Waals surface area contributed by atoms with Crippen molar-refractivity contribution < 1.29 is 5.11 Å². The average molecular weight is 297 g/mol. The van der Waals surface area contributed by atoms with Gasteiger partial charge >= 0.3 is 0 Å². The number of phenols is 1. The Hall–Kier alpha value is -2.39. The summed E-state index contributed by atoms with van der Waals surface area (Å²) in [5.41, 5.74) is 4.56. The third kappa shape index (κ3) is 2.88. The smallest absolute Gasteiger partial charge is 0.115 e. The number of aromatic nitrogens is 2. The van der Waals surface area contributed by atoms with Crippen LogP contribution in [-0.2, 0) is 0 Å². The van der Waals surface area contributed by atoms with E-state index in [4.69, 9.17) is 11.6 Å². The lowest BCUT2D eigenvalue weighted by Gasteiger charge is -2.10. The molecule has 3 rings (SSSR count). The number of aryl methyl sites for hydroxylation is 1.